The molecule has 0 saturated carbocycles. The number of H-pyrrole nitrogens is 1. The SMILES string of the molecule is O=NC1CCCc2c1[nH]c1ccc(C(=O)Nc3cccnc3)cc21. The average molecular weight is 320 g/mol. The second-order valence-corrected chi connectivity index (χ2v) is 5.99. The van der Waals surface area contributed by atoms with Crippen molar-refractivity contribution in [1.82, 2.24) is 9.97 Å². The van der Waals surface area contributed by atoms with Gasteiger partial charge in [-0.15, -0.1) is 0 Å². The first-order valence-electron chi connectivity index (χ1n) is 7.94. The number of amides is 1. The number of aromatic amines is 1. The molecule has 3 aromatic rings. The van der Waals surface area contributed by atoms with Gasteiger partial charge in [0.05, 0.1) is 11.9 Å². The Kier molecular flexibility index (Phi) is 3.57. The minimum absolute atomic E-state index is 0.180. The number of carbonyl (C=O) groups is 1. The summed E-state index contributed by atoms with van der Waals surface area (Å²) in [6, 6.07) is 8.79. The first kappa shape index (κ1) is 14.6. The summed E-state index contributed by atoms with van der Waals surface area (Å²) in [7, 11) is 0. The normalized spacial score (nSPS) is 16.6. The molecule has 120 valence electrons. The Morgan fingerprint density at radius 3 is 3.04 bits per heavy atom. The van der Waals surface area contributed by atoms with Gasteiger partial charge in [0.15, 0.2) is 0 Å². The van der Waals surface area contributed by atoms with Gasteiger partial charge in [0.1, 0.15) is 6.04 Å². The van der Waals surface area contributed by atoms with E-state index >= 15 is 0 Å². The molecule has 0 aliphatic heterocycles. The number of aryl methyl sites for hydroxylation is 1. The van der Waals surface area contributed by atoms with Crippen molar-refractivity contribution in [2.75, 3.05) is 5.32 Å². The van der Waals surface area contributed by atoms with Crippen LogP contribution < -0.4 is 5.32 Å². The van der Waals surface area contributed by atoms with Gasteiger partial charge in [0, 0.05) is 28.4 Å². The molecule has 0 radical (unpaired) electrons. The van der Waals surface area contributed by atoms with Gasteiger partial charge in [-0.25, -0.2) is 0 Å². The molecule has 2 N–H and O–H groups in total. The fourth-order valence-electron chi connectivity index (χ4n) is 3.33. The Bertz CT molecular complexity index is 917. The van der Waals surface area contributed by atoms with Crippen molar-refractivity contribution < 1.29 is 4.79 Å². The summed E-state index contributed by atoms with van der Waals surface area (Å²) in [4.78, 5) is 30.8. The predicted octanol–water partition coefficient (Wildman–Crippen LogP) is 3.96. The van der Waals surface area contributed by atoms with E-state index in [1.807, 2.05) is 12.1 Å². The van der Waals surface area contributed by atoms with Crippen molar-refractivity contribution in [3.63, 3.8) is 0 Å². The van der Waals surface area contributed by atoms with Crippen molar-refractivity contribution in [2.45, 2.75) is 25.3 Å². The van der Waals surface area contributed by atoms with Gasteiger partial charge in [-0.05, 0) is 55.2 Å². The Morgan fingerprint density at radius 2 is 2.25 bits per heavy atom. The molecule has 24 heavy (non-hydrogen) atoms. The maximum Gasteiger partial charge on any atom is 0.255 e. The molecule has 1 amide bonds. The van der Waals surface area contributed by atoms with E-state index in [4.69, 9.17) is 0 Å². The summed E-state index contributed by atoms with van der Waals surface area (Å²) in [5.41, 5.74) is 4.18. The molecular formula is C18H16N4O2. The molecule has 0 saturated heterocycles. The van der Waals surface area contributed by atoms with Gasteiger partial charge < -0.3 is 10.3 Å². The van der Waals surface area contributed by atoms with Crippen LogP contribution in [0.15, 0.2) is 47.9 Å². The van der Waals surface area contributed by atoms with Crippen molar-refractivity contribution >= 4 is 22.5 Å². The Labute approximate surface area is 138 Å². The van der Waals surface area contributed by atoms with E-state index in [-0.39, 0.29) is 11.9 Å². The largest absolute Gasteiger partial charge is 0.356 e. The van der Waals surface area contributed by atoms with E-state index in [0.717, 1.165) is 41.4 Å². The van der Waals surface area contributed by atoms with E-state index in [2.05, 4.69) is 20.5 Å². The lowest BCUT2D eigenvalue weighted by Gasteiger charge is -2.16. The van der Waals surface area contributed by atoms with Crippen LogP contribution in [0.5, 0.6) is 0 Å². The van der Waals surface area contributed by atoms with Gasteiger partial charge >= 0.3 is 0 Å². The molecule has 1 aliphatic carbocycles. The number of pyridine rings is 1. The zero-order chi connectivity index (χ0) is 16.5. The van der Waals surface area contributed by atoms with Crippen LogP contribution in [0.4, 0.5) is 5.69 Å². The fraction of sp³-hybridized carbons (Fsp3) is 0.222. The van der Waals surface area contributed by atoms with Crippen LogP contribution in [-0.2, 0) is 6.42 Å². The van der Waals surface area contributed by atoms with E-state index in [1.165, 1.54) is 0 Å². The summed E-state index contributed by atoms with van der Waals surface area (Å²) in [6.45, 7) is 0. The lowest BCUT2D eigenvalue weighted by molar-refractivity contribution is 0.102. The predicted molar refractivity (Wildman–Crippen MR) is 92.0 cm³/mol. The van der Waals surface area contributed by atoms with E-state index in [0.29, 0.717) is 11.3 Å². The monoisotopic (exact) mass is 320 g/mol. The van der Waals surface area contributed by atoms with E-state index in [1.54, 1.807) is 30.6 Å². The third kappa shape index (κ3) is 2.46. The third-order valence-corrected chi connectivity index (χ3v) is 4.49. The van der Waals surface area contributed by atoms with Crippen molar-refractivity contribution in [3.8, 4) is 0 Å². The standard InChI is InChI=1S/C18H16N4O2/c23-18(20-12-3-2-8-19-10-12)11-6-7-15-14(9-11)13-4-1-5-16(22-24)17(13)21-15/h2-3,6-10,16,21H,1,4-5H2,(H,20,23). The van der Waals surface area contributed by atoms with Crippen molar-refractivity contribution in [3.05, 3.63) is 64.5 Å². The molecule has 6 heteroatoms. The molecule has 4 rings (SSSR count). The van der Waals surface area contributed by atoms with Crippen LogP contribution in [0.1, 0.15) is 40.5 Å². The second kappa shape index (κ2) is 5.88. The van der Waals surface area contributed by atoms with Crippen molar-refractivity contribution in [1.29, 1.82) is 0 Å². The number of fused-ring (bicyclic) bond motifs is 3. The van der Waals surface area contributed by atoms with Gasteiger partial charge in [-0.2, -0.15) is 4.91 Å². The number of hydrogen-bond donors (Lipinski definition) is 2. The average Bonchev–Trinajstić information content (AvgIpc) is 3.00. The minimum Gasteiger partial charge on any atom is -0.356 e. The number of nitrogens with zero attached hydrogens (tertiary/aromatic N) is 2. The summed E-state index contributed by atoms with van der Waals surface area (Å²) < 4.78 is 0. The highest BCUT2D eigenvalue weighted by Crippen LogP contribution is 2.36. The Hall–Kier alpha value is -3.02. The Morgan fingerprint density at radius 1 is 1.33 bits per heavy atom. The van der Waals surface area contributed by atoms with E-state index < -0.39 is 0 Å². The second-order valence-electron chi connectivity index (χ2n) is 5.99. The van der Waals surface area contributed by atoms with Gasteiger partial charge in [-0.1, -0.05) is 5.18 Å². The quantitative estimate of drug-likeness (QED) is 0.716. The number of hydrogen-bond acceptors (Lipinski definition) is 4. The summed E-state index contributed by atoms with van der Waals surface area (Å²) in [5, 5.41) is 7.06. The zero-order valence-corrected chi connectivity index (χ0v) is 13.0. The minimum atomic E-state index is -0.311. The molecule has 1 atom stereocenters. The Balaban J connectivity index is 1.70. The van der Waals surface area contributed by atoms with E-state index in [9.17, 15) is 9.70 Å². The summed E-state index contributed by atoms with van der Waals surface area (Å²) in [6.07, 6.45) is 5.87. The maximum absolute atomic E-state index is 12.5. The summed E-state index contributed by atoms with van der Waals surface area (Å²) in [5.74, 6) is -0.180. The molecule has 1 unspecified atom stereocenters. The van der Waals surface area contributed by atoms with Crippen LogP contribution >= 0.6 is 0 Å². The van der Waals surface area contributed by atoms with Gasteiger partial charge in [-0.3, -0.25) is 9.78 Å². The fourth-order valence-corrected chi connectivity index (χ4v) is 3.33. The summed E-state index contributed by atoms with van der Waals surface area (Å²) >= 11 is 0. The highest BCUT2D eigenvalue weighted by molar-refractivity contribution is 6.06. The number of aromatic nitrogens is 2. The lowest BCUT2D eigenvalue weighted by Crippen LogP contribution is -2.11. The molecule has 2 heterocycles. The number of carbonyl (C=O) groups excluding carboxylic acids is 1. The molecule has 1 aromatic carbocycles. The highest BCUT2D eigenvalue weighted by atomic mass is 16.3. The molecule has 0 bridgehead atoms. The molecule has 0 fully saturated rings. The van der Waals surface area contributed by atoms with Gasteiger partial charge in [0.2, 0.25) is 0 Å². The number of nitrogens with one attached hydrogen (secondary N) is 2. The molecule has 6 nitrogen and oxygen atoms in total. The molecule has 1 aliphatic rings. The number of nitroso groups, excluding NO2 is 1. The lowest BCUT2D eigenvalue weighted by atomic mass is 9.92. The maximum atomic E-state index is 12.5. The number of anilines is 1. The first-order chi connectivity index (χ1) is 11.8. The number of rotatable bonds is 3. The van der Waals surface area contributed by atoms with Crippen LogP contribution in [0.2, 0.25) is 0 Å². The zero-order valence-electron chi connectivity index (χ0n) is 13.0. The van der Waals surface area contributed by atoms with Crippen LogP contribution in [0.25, 0.3) is 10.9 Å². The van der Waals surface area contributed by atoms with Crippen LogP contribution in [0.3, 0.4) is 0 Å². The number of benzene rings is 1. The smallest absolute Gasteiger partial charge is 0.255 e. The van der Waals surface area contributed by atoms with Crippen LogP contribution in [-0.4, -0.2) is 15.9 Å². The van der Waals surface area contributed by atoms with Crippen molar-refractivity contribution in [2.24, 2.45) is 5.18 Å². The van der Waals surface area contributed by atoms with Crippen LogP contribution in [0, 0.1) is 4.91 Å². The highest BCUT2D eigenvalue weighted by Gasteiger charge is 2.25. The third-order valence-electron chi connectivity index (χ3n) is 4.49. The molecular weight excluding hydrogens is 304 g/mol. The first-order valence-corrected chi connectivity index (χ1v) is 7.94. The molecule has 0 spiro atoms. The molecule has 2 aromatic heterocycles. The topological polar surface area (TPSA) is 87.2 Å². The van der Waals surface area contributed by atoms with Gasteiger partial charge in [0.25, 0.3) is 5.91 Å².